The van der Waals surface area contributed by atoms with Crippen molar-refractivity contribution in [3.8, 4) is 6.07 Å². The highest BCUT2D eigenvalue weighted by atomic mass is 19.1. The fraction of sp³-hybridized carbons (Fsp3) is 0.389. The van der Waals surface area contributed by atoms with E-state index >= 15 is 0 Å². The number of carbonyl (C=O) groups is 2. The maximum atomic E-state index is 12.9. The van der Waals surface area contributed by atoms with Gasteiger partial charge in [-0.2, -0.15) is 5.26 Å². The number of ketones is 1. The average Bonchev–Trinajstić information content (AvgIpc) is 2.55. The molecule has 1 atom stereocenters. The maximum absolute atomic E-state index is 12.9. The van der Waals surface area contributed by atoms with Crippen LogP contribution in [0, 0.1) is 23.1 Å². The summed E-state index contributed by atoms with van der Waals surface area (Å²) in [5.74, 6) is -2.99. The third-order valence-corrected chi connectivity index (χ3v) is 3.30. The molecular formula is C18H21FN2O3. The minimum Gasteiger partial charge on any atom is -0.382 e. The van der Waals surface area contributed by atoms with Gasteiger partial charge >= 0.3 is 0 Å². The van der Waals surface area contributed by atoms with Crippen molar-refractivity contribution >= 4 is 17.3 Å². The van der Waals surface area contributed by atoms with Crippen LogP contribution >= 0.6 is 0 Å². The second-order valence-corrected chi connectivity index (χ2v) is 5.14. The molecule has 0 aliphatic heterocycles. The number of nitrogens with zero attached hydrogens (tertiary/aromatic N) is 1. The third kappa shape index (κ3) is 6.31. The molecular weight excluding hydrogens is 311 g/mol. The first-order valence-corrected chi connectivity index (χ1v) is 7.72. The first-order chi connectivity index (χ1) is 11.5. The Morgan fingerprint density at radius 2 is 2.04 bits per heavy atom. The van der Waals surface area contributed by atoms with Crippen molar-refractivity contribution < 1.29 is 18.7 Å². The van der Waals surface area contributed by atoms with Gasteiger partial charge in [0.15, 0.2) is 11.7 Å². The van der Waals surface area contributed by atoms with E-state index < -0.39 is 17.6 Å². The van der Waals surface area contributed by atoms with Gasteiger partial charge < -0.3 is 10.1 Å². The van der Waals surface area contributed by atoms with Gasteiger partial charge in [-0.25, -0.2) is 4.39 Å². The molecule has 1 aromatic rings. The number of hydrogen-bond donors (Lipinski definition) is 1. The number of amides is 1. The zero-order chi connectivity index (χ0) is 17.9. The number of nitrogens with one attached hydrogen (secondary N) is 1. The Labute approximate surface area is 141 Å². The second-order valence-electron chi connectivity index (χ2n) is 5.14. The number of nitriles is 1. The van der Waals surface area contributed by atoms with Gasteiger partial charge in [0.1, 0.15) is 5.82 Å². The van der Waals surface area contributed by atoms with Crippen molar-refractivity contribution in [2.24, 2.45) is 5.92 Å². The van der Waals surface area contributed by atoms with Crippen LogP contribution < -0.4 is 5.32 Å². The van der Waals surface area contributed by atoms with E-state index in [2.05, 4.69) is 5.32 Å². The molecule has 1 rings (SSSR count). The van der Waals surface area contributed by atoms with Crippen molar-refractivity contribution in [1.29, 1.82) is 5.26 Å². The largest absolute Gasteiger partial charge is 0.382 e. The number of allylic oxidation sites excluding steroid dienone is 2. The summed E-state index contributed by atoms with van der Waals surface area (Å²) >= 11 is 0. The molecule has 0 aliphatic rings. The summed E-state index contributed by atoms with van der Waals surface area (Å²) in [7, 11) is 0. The standard InChI is InChI=1S/C18H21FN2O3/c1-3-24-10-4-9-21-18(23)16(12-20)17(22)11-13(2)14-5-7-15(19)8-6-14/h5-8,11,16H,3-4,9-10H2,1-2H3,(H,21,23). The predicted octanol–water partition coefficient (Wildman–Crippen LogP) is 2.48. The molecule has 128 valence electrons. The summed E-state index contributed by atoms with van der Waals surface area (Å²) in [6.07, 6.45) is 1.84. The molecule has 0 saturated carbocycles. The molecule has 1 N–H and O–H groups in total. The molecule has 0 fully saturated rings. The summed E-state index contributed by atoms with van der Waals surface area (Å²) < 4.78 is 18.0. The number of hydrogen-bond acceptors (Lipinski definition) is 4. The maximum Gasteiger partial charge on any atom is 0.245 e. The quantitative estimate of drug-likeness (QED) is 0.428. The Bertz CT molecular complexity index is 633. The van der Waals surface area contributed by atoms with E-state index in [-0.39, 0.29) is 5.82 Å². The zero-order valence-corrected chi connectivity index (χ0v) is 13.8. The third-order valence-electron chi connectivity index (χ3n) is 3.30. The normalized spacial score (nSPS) is 12.3. The van der Waals surface area contributed by atoms with Crippen LogP contribution in [0.4, 0.5) is 4.39 Å². The van der Waals surface area contributed by atoms with Crippen LogP contribution in [-0.2, 0) is 14.3 Å². The minimum absolute atomic E-state index is 0.338. The zero-order valence-electron chi connectivity index (χ0n) is 13.8. The van der Waals surface area contributed by atoms with Crippen LogP contribution in [0.3, 0.4) is 0 Å². The molecule has 0 aromatic heterocycles. The second kappa shape index (κ2) is 10.3. The Balaban J connectivity index is 2.65. The van der Waals surface area contributed by atoms with Crippen molar-refractivity contribution in [2.75, 3.05) is 19.8 Å². The van der Waals surface area contributed by atoms with Crippen molar-refractivity contribution in [1.82, 2.24) is 5.32 Å². The first kappa shape index (κ1) is 19.5. The van der Waals surface area contributed by atoms with Crippen molar-refractivity contribution in [2.45, 2.75) is 20.3 Å². The van der Waals surface area contributed by atoms with Gasteiger partial charge in [0.25, 0.3) is 0 Å². The number of ether oxygens (including phenoxy) is 1. The molecule has 1 amide bonds. The summed E-state index contributed by atoms with van der Waals surface area (Å²) in [4.78, 5) is 24.1. The molecule has 0 heterocycles. The predicted molar refractivity (Wildman–Crippen MR) is 88.3 cm³/mol. The molecule has 0 saturated heterocycles. The van der Waals surface area contributed by atoms with E-state index in [1.807, 2.05) is 6.92 Å². The lowest BCUT2D eigenvalue weighted by Gasteiger charge is -2.09. The molecule has 6 heteroatoms. The topological polar surface area (TPSA) is 79.2 Å². The lowest BCUT2D eigenvalue weighted by atomic mass is 9.99. The highest BCUT2D eigenvalue weighted by Gasteiger charge is 2.24. The van der Waals surface area contributed by atoms with Gasteiger partial charge in [-0.15, -0.1) is 0 Å². The highest BCUT2D eigenvalue weighted by molar-refractivity contribution is 6.11. The monoisotopic (exact) mass is 332 g/mol. The van der Waals surface area contributed by atoms with Crippen molar-refractivity contribution in [3.05, 3.63) is 41.7 Å². The molecule has 5 nitrogen and oxygen atoms in total. The fourth-order valence-corrected chi connectivity index (χ4v) is 1.98. The Kier molecular flexibility index (Phi) is 8.37. The minimum atomic E-state index is -1.40. The van der Waals surface area contributed by atoms with Crippen molar-refractivity contribution in [3.63, 3.8) is 0 Å². The number of carbonyl (C=O) groups excluding carboxylic acids is 2. The molecule has 1 aromatic carbocycles. The first-order valence-electron chi connectivity index (χ1n) is 7.72. The molecule has 0 aliphatic carbocycles. The van der Waals surface area contributed by atoms with Crippen LogP contribution in [0.5, 0.6) is 0 Å². The van der Waals surface area contributed by atoms with Crippen LogP contribution in [0.25, 0.3) is 5.57 Å². The molecule has 0 radical (unpaired) electrons. The fourth-order valence-electron chi connectivity index (χ4n) is 1.98. The van der Waals surface area contributed by atoms with Gasteiger partial charge in [-0.3, -0.25) is 9.59 Å². The van der Waals surface area contributed by atoms with Gasteiger partial charge in [0.05, 0.1) is 6.07 Å². The lowest BCUT2D eigenvalue weighted by Crippen LogP contribution is -2.35. The van der Waals surface area contributed by atoms with E-state index in [1.165, 1.54) is 30.3 Å². The van der Waals surface area contributed by atoms with Gasteiger partial charge in [-0.05, 0) is 49.6 Å². The van der Waals surface area contributed by atoms with Gasteiger partial charge in [0.2, 0.25) is 5.91 Å². The molecule has 0 bridgehead atoms. The SMILES string of the molecule is CCOCCCNC(=O)C(C#N)C(=O)C=C(C)c1ccc(F)cc1. The summed E-state index contributed by atoms with van der Waals surface area (Å²) in [5.41, 5.74) is 1.21. The number of halogens is 1. The average molecular weight is 332 g/mol. The van der Waals surface area contributed by atoms with Crippen LogP contribution in [0.15, 0.2) is 30.3 Å². The molecule has 1 unspecified atom stereocenters. The Morgan fingerprint density at radius 3 is 2.62 bits per heavy atom. The molecule has 0 spiro atoms. The van der Waals surface area contributed by atoms with Gasteiger partial charge in [0, 0.05) is 19.8 Å². The lowest BCUT2D eigenvalue weighted by molar-refractivity contribution is -0.129. The van der Waals surface area contributed by atoms with Crippen LogP contribution in [0.2, 0.25) is 0 Å². The van der Waals surface area contributed by atoms with Crippen LogP contribution in [0.1, 0.15) is 25.8 Å². The Morgan fingerprint density at radius 1 is 1.38 bits per heavy atom. The summed E-state index contributed by atoms with van der Waals surface area (Å²) in [6.45, 7) is 4.98. The van der Waals surface area contributed by atoms with E-state index in [1.54, 1.807) is 13.0 Å². The molecule has 24 heavy (non-hydrogen) atoms. The Hall–Kier alpha value is -2.52. The smallest absolute Gasteiger partial charge is 0.245 e. The number of benzene rings is 1. The van der Waals surface area contributed by atoms with Crippen LogP contribution in [-0.4, -0.2) is 31.4 Å². The summed E-state index contributed by atoms with van der Waals surface area (Å²) in [5, 5.41) is 11.6. The van der Waals surface area contributed by atoms with E-state index in [0.717, 1.165) is 0 Å². The number of rotatable bonds is 9. The van der Waals surface area contributed by atoms with E-state index in [9.17, 15) is 14.0 Å². The van der Waals surface area contributed by atoms with E-state index in [4.69, 9.17) is 10.00 Å². The highest BCUT2D eigenvalue weighted by Crippen LogP contribution is 2.15. The summed E-state index contributed by atoms with van der Waals surface area (Å²) in [6, 6.07) is 7.35. The van der Waals surface area contributed by atoms with Gasteiger partial charge in [-0.1, -0.05) is 12.1 Å². The van der Waals surface area contributed by atoms with E-state index in [0.29, 0.717) is 37.3 Å².